The molecule has 6 nitrogen and oxygen atoms in total. The van der Waals surface area contributed by atoms with Crippen molar-refractivity contribution in [1.82, 2.24) is 9.78 Å². The molecule has 0 N–H and O–H groups in total. The molecule has 3 rings (SSSR count). The Hall–Kier alpha value is -1.92. The smallest absolute Gasteiger partial charge is 0.160 e. The van der Waals surface area contributed by atoms with Crippen LogP contribution in [-0.2, 0) is 18.2 Å². The van der Waals surface area contributed by atoms with Crippen LogP contribution in [0.3, 0.4) is 0 Å². The highest BCUT2D eigenvalue weighted by Crippen LogP contribution is 2.43. The fourth-order valence-electron chi connectivity index (χ4n) is 4.08. The Bertz CT molecular complexity index is 798. The lowest BCUT2D eigenvalue weighted by Gasteiger charge is -2.31. The average Bonchev–Trinajstić information content (AvgIpc) is 3.01. The van der Waals surface area contributed by atoms with Crippen LogP contribution < -0.4 is 14.5 Å². The van der Waals surface area contributed by atoms with Gasteiger partial charge in [-0.3, -0.25) is 4.68 Å². The fourth-order valence-corrected chi connectivity index (χ4v) is 4.44. The summed E-state index contributed by atoms with van der Waals surface area (Å²) in [6.07, 6.45) is 3.17. The van der Waals surface area contributed by atoms with Gasteiger partial charge in [0.25, 0.3) is 0 Å². The number of aryl methyl sites for hydroxylation is 2. The molecule has 0 spiro atoms. The number of hydrogen-bond donors (Lipinski definition) is 0. The highest BCUT2D eigenvalue weighted by atomic mass is 35.5. The van der Waals surface area contributed by atoms with Gasteiger partial charge >= 0.3 is 0 Å². The van der Waals surface area contributed by atoms with Crippen molar-refractivity contribution in [1.29, 1.82) is 0 Å². The molecular formula is C21H31ClN4O2. The molecule has 0 bridgehead atoms. The van der Waals surface area contributed by atoms with E-state index in [0.29, 0.717) is 11.6 Å². The monoisotopic (exact) mass is 406 g/mol. The van der Waals surface area contributed by atoms with E-state index in [1.54, 1.807) is 14.2 Å². The van der Waals surface area contributed by atoms with E-state index in [0.717, 1.165) is 61.7 Å². The van der Waals surface area contributed by atoms with Crippen LogP contribution in [0, 0.1) is 6.92 Å². The number of fused-ring (bicyclic) bond motifs is 1. The normalized spacial score (nSPS) is 13.6. The summed E-state index contributed by atoms with van der Waals surface area (Å²) in [5.74, 6) is 2.98. The van der Waals surface area contributed by atoms with Gasteiger partial charge in [-0.2, -0.15) is 5.10 Å². The van der Waals surface area contributed by atoms with Crippen molar-refractivity contribution in [2.24, 2.45) is 7.05 Å². The van der Waals surface area contributed by atoms with E-state index in [1.165, 1.54) is 11.4 Å². The first-order valence-electron chi connectivity index (χ1n) is 9.93. The number of benzene rings is 1. The van der Waals surface area contributed by atoms with Gasteiger partial charge in [-0.1, -0.05) is 18.5 Å². The molecule has 1 aromatic heterocycles. The van der Waals surface area contributed by atoms with Crippen LogP contribution in [0.2, 0.25) is 5.02 Å². The van der Waals surface area contributed by atoms with Crippen LogP contribution in [0.1, 0.15) is 30.9 Å². The molecule has 2 aromatic rings. The summed E-state index contributed by atoms with van der Waals surface area (Å²) >= 11 is 6.66. The molecule has 2 heterocycles. The molecule has 0 amide bonds. The highest BCUT2D eigenvalue weighted by molar-refractivity contribution is 6.33. The molecule has 1 aliphatic rings. The number of hydrogen-bond acceptors (Lipinski definition) is 5. The Morgan fingerprint density at radius 2 is 2.04 bits per heavy atom. The van der Waals surface area contributed by atoms with E-state index >= 15 is 0 Å². The summed E-state index contributed by atoms with van der Waals surface area (Å²) in [5.41, 5.74) is 3.41. The van der Waals surface area contributed by atoms with Gasteiger partial charge in [0, 0.05) is 45.4 Å². The molecule has 0 fully saturated rings. The Morgan fingerprint density at radius 1 is 1.25 bits per heavy atom. The molecule has 7 heteroatoms. The van der Waals surface area contributed by atoms with Crippen molar-refractivity contribution in [3.8, 4) is 5.75 Å². The van der Waals surface area contributed by atoms with Gasteiger partial charge in [-0.05, 0) is 37.8 Å². The van der Waals surface area contributed by atoms with E-state index in [-0.39, 0.29) is 0 Å². The SMILES string of the molecule is CCCN(CCOC)c1c2c(nn1C)N(c1c(C)cc(OC)cc1Cl)CCC2. The lowest BCUT2D eigenvalue weighted by Crippen LogP contribution is -2.31. The summed E-state index contributed by atoms with van der Waals surface area (Å²) in [7, 11) is 5.44. The molecule has 0 aliphatic carbocycles. The first-order valence-corrected chi connectivity index (χ1v) is 10.3. The van der Waals surface area contributed by atoms with E-state index < -0.39 is 0 Å². The third-order valence-electron chi connectivity index (χ3n) is 5.25. The standard InChI is InChI=1S/C21H31ClN4O2/c1-6-9-25(11-12-27-4)21-17-8-7-10-26(20(17)23-24(21)3)19-15(2)13-16(28-5)14-18(19)22/h13-14H,6-12H2,1-5H3. The molecule has 0 saturated carbocycles. The Balaban J connectivity index is 2.04. The fraction of sp³-hybridized carbons (Fsp3) is 0.571. The predicted octanol–water partition coefficient (Wildman–Crippen LogP) is 4.34. The summed E-state index contributed by atoms with van der Waals surface area (Å²) in [4.78, 5) is 4.65. The van der Waals surface area contributed by atoms with E-state index in [9.17, 15) is 0 Å². The molecule has 0 radical (unpaired) electrons. The zero-order valence-electron chi connectivity index (χ0n) is 17.6. The average molecular weight is 407 g/mol. The topological polar surface area (TPSA) is 42.8 Å². The Morgan fingerprint density at radius 3 is 2.68 bits per heavy atom. The zero-order chi connectivity index (χ0) is 20.3. The summed E-state index contributed by atoms with van der Waals surface area (Å²) < 4.78 is 12.7. The maximum absolute atomic E-state index is 6.66. The van der Waals surface area contributed by atoms with Gasteiger partial charge in [0.15, 0.2) is 5.82 Å². The Labute approximate surface area is 173 Å². The minimum Gasteiger partial charge on any atom is -0.497 e. The van der Waals surface area contributed by atoms with Crippen molar-refractivity contribution >= 4 is 28.9 Å². The van der Waals surface area contributed by atoms with Gasteiger partial charge in [-0.15, -0.1) is 0 Å². The van der Waals surface area contributed by atoms with Gasteiger partial charge in [0.2, 0.25) is 0 Å². The summed E-state index contributed by atoms with van der Waals surface area (Å²) in [6, 6.07) is 3.91. The number of anilines is 3. The minimum absolute atomic E-state index is 0.696. The summed E-state index contributed by atoms with van der Waals surface area (Å²) in [5, 5.41) is 5.61. The second-order valence-corrected chi connectivity index (χ2v) is 7.67. The van der Waals surface area contributed by atoms with Gasteiger partial charge in [0.05, 0.1) is 24.4 Å². The number of ether oxygens (including phenoxy) is 2. The molecule has 154 valence electrons. The first kappa shape index (κ1) is 20.8. The summed E-state index contributed by atoms with van der Waals surface area (Å²) in [6.45, 7) is 7.73. The van der Waals surface area contributed by atoms with Crippen LogP contribution in [0.15, 0.2) is 12.1 Å². The number of halogens is 1. The minimum atomic E-state index is 0.696. The van der Waals surface area contributed by atoms with Crippen LogP contribution in [-0.4, -0.2) is 50.2 Å². The maximum Gasteiger partial charge on any atom is 0.160 e. The number of rotatable bonds is 8. The molecule has 0 unspecified atom stereocenters. The molecular weight excluding hydrogens is 376 g/mol. The van der Waals surface area contributed by atoms with Gasteiger partial charge < -0.3 is 19.3 Å². The van der Waals surface area contributed by atoms with E-state index in [4.69, 9.17) is 26.2 Å². The van der Waals surface area contributed by atoms with Crippen LogP contribution in [0.5, 0.6) is 5.75 Å². The van der Waals surface area contributed by atoms with Crippen molar-refractivity contribution < 1.29 is 9.47 Å². The second kappa shape index (κ2) is 9.05. The van der Waals surface area contributed by atoms with Crippen molar-refractivity contribution in [3.05, 3.63) is 28.3 Å². The van der Waals surface area contributed by atoms with Crippen LogP contribution in [0.25, 0.3) is 0 Å². The Kier molecular flexibility index (Phi) is 6.73. The maximum atomic E-state index is 6.66. The zero-order valence-corrected chi connectivity index (χ0v) is 18.3. The lowest BCUT2D eigenvalue weighted by atomic mass is 10.0. The molecule has 1 aromatic carbocycles. The molecule has 0 atom stereocenters. The van der Waals surface area contributed by atoms with Crippen LogP contribution in [0.4, 0.5) is 17.3 Å². The predicted molar refractivity (Wildman–Crippen MR) is 116 cm³/mol. The van der Waals surface area contributed by atoms with E-state index in [1.807, 2.05) is 23.9 Å². The molecule has 1 aliphatic heterocycles. The highest BCUT2D eigenvalue weighted by Gasteiger charge is 2.30. The quantitative estimate of drug-likeness (QED) is 0.652. The van der Waals surface area contributed by atoms with Crippen molar-refractivity contribution in [2.45, 2.75) is 33.1 Å². The van der Waals surface area contributed by atoms with E-state index in [2.05, 4.69) is 23.6 Å². The number of nitrogens with zero attached hydrogens (tertiary/aromatic N) is 4. The van der Waals surface area contributed by atoms with Crippen molar-refractivity contribution in [2.75, 3.05) is 50.3 Å². The third-order valence-corrected chi connectivity index (χ3v) is 5.53. The number of aromatic nitrogens is 2. The van der Waals surface area contributed by atoms with Gasteiger partial charge in [-0.25, -0.2) is 0 Å². The lowest BCUT2D eigenvalue weighted by molar-refractivity contribution is 0.205. The molecule has 0 saturated heterocycles. The third kappa shape index (κ3) is 3.94. The first-order chi connectivity index (χ1) is 13.5. The second-order valence-electron chi connectivity index (χ2n) is 7.26. The van der Waals surface area contributed by atoms with Gasteiger partial charge in [0.1, 0.15) is 11.6 Å². The largest absolute Gasteiger partial charge is 0.497 e. The number of methoxy groups -OCH3 is 2. The van der Waals surface area contributed by atoms with Crippen molar-refractivity contribution in [3.63, 3.8) is 0 Å². The van der Waals surface area contributed by atoms with Crippen LogP contribution >= 0.6 is 11.6 Å². The molecule has 28 heavy (non-hydrogen) atoms.